The Bertz CT molecular complexity index is 418. The van der Waals surface area contributed by atoms with E-state index in [0.717, 1.165) is 11.4 Å². The van der Waals surface area contributed by atoms with Crippen molar-refractivity contribution in [2.75, 3.05) is 6.54 Å². The van der Waals surface area contributed by atoms with E-state index in [2.05, 4.69) is 10.4 Å². The van der Waals surface area contributed by atoms with Gasteiger partial charge in [-0.25, -0.2) is 0 Å². The molecule has 1 fully saturated rings. The lowest BCUT2D eigenvalue weighted by molar-refractivity contribution is -0.122. The van der Waals surface area contributed by atoms with Crippen molar-refractivity contribution in [1.29, 1.82) is 0 Å². The van der Waals surface area contributed by atoms with Crippen LogP contribution in [0.5, 0.6) is 0 Å². The van der Waals surface area contributed by atoms with Crippen molar-refractivity contribution in [3.05, 3.63) is 17.5 Å². The van der Waals surface area contributed by atoms with Crippen LogP contribution in [0.3, 0.4) is 0 Å². The van der Waals surface area contributed by atoms with Crippen molar-refractivity contribution in [3.63, 3.8) is 0 Å². The molecular weight excluding hydrogens is 287 g/mol. The fourth-order valence-electron chi connectivity index (χ4n) is 2.09. The third-order valence-electron chi connectivity index (χ3n) is 3.19. The minimum absolute atomic E-state index is 0. The van der Waals surface area contributed by atoms with Crippen molar-refractivity contribution in [2.24, 2.45) is 11.7 Å². The molecule has 0 aliphatic heterocycles. The van der Waals surface area contributed by atoms with Gasteiger partial charge in [0.05, 0.1) is 5.69 Å². The van der Waals surface area contributed by atoms with Crippen molar-refractivity contribution >= 4 is 30.7 Å². The molecule has 1 saturated carbocycles. The smallest absolute Gasteiger partial charge is 0.242 e. The molecule has 5 nitrogen and oxygen atoms in total. The Balaban J connectivity index is 0.00000162. The summed E-state index contributed by atoms with van der Waals surface area (Å²) in [7, 11) is 0. The van der Waals surface area contributed by atoms with E-state index in [-0.39, 0.29) is 43.3 Å². The molecule has 1 amide bonds. The normalized spacial score (nSPS) is 15.1. The molecular formula is C12H22Cl2N4O. The van der Waals surface area contributed by atoms with Gasteiger partial charge in [0.25, 0.3) is 0 Å². The largest absolute Gasteiger partial charge is 0.350 e. The second kappa shape index (κ2) is 7.72. The molecule has 0 aromatic carbocycles. The number of amides is 1. The molecule has 1 aliphatic rings. The maximum atomic E-state index is 11.8. The van der Waals surface area contributed by atoms with Crippen molar-refractivity contribution in [1.82, 2.24) is 15.1 Å². The maximum absolute atomic E-state index is 11.8. The average molecular weight is 309 g/mol. The highest BCUT2D eigenvalue weighted by Gasteiger charge is 2.31. The van der Waals surface area contributed by atoms with Crippen LogP contribution in [0.25, 0.3) is 0 Å². The molecule has 110 valence electrons. The molecule has 0 radical (unpaired) electrons. The first-order valence-electron chi connectivity index (χ1n) is 6.10. The maximum Gasteiger partial charge on any atom is 0.242 e. The van der Waals surface area contributed by atoms with Gasteiger partial charge in [-0.05, 0) is 38.7 Å². The molecule has 1 unspecified atom stereocenters. The van der Waals surface area contributed by atoms with Crippen LogP contribution in [0.2, 0.25) is 0 Å². The van der Waals surface area contributed by atoms with E-state index >= 15 is 0 Å². The predicted octanol–water partition coefficient (Wildman–Crippen LogP) is 1.20. The fourth-order valence-corrected chi connectivity index (χ4v) is 2.09. The zero-order valence-corrected chi connectivity index (χ0v) is 12.9. The second-order valence-corrected chi connectivity index (χ2v) is 4.83. The van der Waals surface area contributed by atoms with E-state index < -0.39 is 0 Å². The zero-order chi connectivity index (χ0) is 12.4. The van der Waals surface area contributed by atoms with Gasteiger partial charge in [-0.2, -0.15) is 5.10 Å². The fraction of sp³-hybridized carbons (Fsp3) is 0.667. The molecule has 7 heteroatoms. The van der Waals surface area contributed by atoms with Crippen molar-refractivity contribution in [2.45, 2.75) is 39.3 Å². The highest BCUT2D eigenvalue weighted by atomic mass is 35.5. The quantitative estimate of drug-likeness (QED) is 0.858. The van der Waals surface area contributed by atoms with Crippen molar-refractivity contribution < 1.29 is 4.79 Å². The standard InChI is InChI=1S/C12H20N4O.2ClH/c1-8-5-9(2)16(15-8)7-12(17)14-11(6-13)10-3-4-10;;/h5,10-11H,3-4,6-7,13H2,1-2H3,(H,14,17);2*1H. The monoisotopic (exact) mass is 308 g/mol. The zero-order valence-electron chi connectivity index (χ0n) is 11.3. The molecule has 1 aliphatic carbocycles. The van der Waals surface area contributed by atoms with Gasteiger partial charge in [0, 0.05) is 18.3 Å². The number of nitrogens with one attached hydrogen (secondary N) is 1. The van der Waals surface area contributed by atoms with Crippen LogP contribution < -0.4 is 11.1 Å². The van der Waals surface area contributed by atoms with E-state index in [1.165, 1.54) is 12.8 Å². The molecule has 1 heterocycles. The number of carbonyl (C=O) groups is 1. The van der Waals surface area contributed by atoms with Crippen LogP contribution in [-0.4, -0.2) is 28.3 Å². The summed E-state index contributed by atoms with van der Waals surface area (Å²) in [6, 6.07) is 2.11. The molecule has 3 N–H and O–H groups in total. The summed E-state index contributed by atoms with van der Waals surface area (Å²) in [6.07, 6.45) is 2.37. The SMILES string of the molecule is Cc1cc(C)n(CC(=O)NC(CN)C2CC2)n1.Cl.Cl. The number of carbonyl (C=O) groups excluding carboxylic acids is 1. The van der Waals surface area contributed by atoms with Crippen molar-refractivity contribution in [3.8, 4) is 0 Å². The number of nitrogens with two attached hydrogens (primary N) is 1. The number of nitrogens with zero attached hydrogens (tertiary/aromatic N) is 2. The average Bonchev–Trinajstić information content (AvgIpc) is 3.04. The third-order valence-corrected chi connectivity index (χ3v) is 3.19. The molecule has 1 atom stereocenters. The van der Waals surface area contributed by atoms with Gasteiger partial charge in [0.2, 0.25) is 5.91 Å². The number of aryl methyl sites for hydroxylation is 2. The van der Waals surface area contributed by atoms with E-state index in [0.29, 0.717) is 12.5 Å². The molecule has 1 aromatic heterocycles. The Morgan fingerprint density at radius 2 is 2.16 bits per heavy atom. The van der Waals surface area contributed by atoms with Crippen LogP contribution in [0, 0.1) is 19.8 Å². The summed E-state index contributed by atoms with van der Waals surface area (Å²) in [4.78, 5) is 11.8. The Hall–Kier alpha value is -0.780. The van der Waals surface area contributed by atoms with Gasteiger partial charge in [-0.15, -0.1) is 24.8 Å². The Morgan fingerprint density at radius 1 is 1.53 bits per heavy atom. The number of hydrogen-bond donors (Lipinski definition) is 2. The summed E-state index contributed by atoms with van der Waals surface area (Å²) < 4.78 is 1.73. The summed E-state index contributed by atoms with van der Waals surface area (Å²) >= 11 is 0. The highest BCUT2D eigenvalue weighted by Crippen LogP contribution is 2.32. The number of aromatic nitrogens is 2. The van der Waals surface area contributed by atoms with Crippen LogP contribution in [-0.2, 0) is 11.3 Å². The summed E-state index contributed by atoms with van der Waals surface area (Å²) in [5.74, 6) is 0.586. The number of rotatable bonds is 5. The number of halogens is 2. The molecule has 0 spiro atoms. The van der Waals surface area contributed by atoms with Gasteiger partial charge in [0.15, 0.2) is 0 Å². The third kappa shape index (κ3) is 5.01. The summed E-state index contributed by atoms with van der Waals surface area (Å²) in [5, 5.41) is 7.26. The first-order chi connectivity index (χ1) is 8.10. The van der Waals surface area contributed by atoms with Gasteiger partial charge in [-0.1, -0.05) is 0 Å². The highest BCUT2D eigenvalue weighted by molar-refractivity contribution is 5.85. The lowest BCUT2D eigenvalue weighted by atomic mass is 10.2. The Morgan fingerprint density at radius 3 is 2.58 bits per heavy atom. The summed E-state index contributed by atoms with van der Waals surface area (Å²) in [5.41, 5.74) is 7.60. The predicted molar refractivity (Wildman–Crippen MR) is 79.9 cm³/mol. The van der Waals surface area contributed by atoms with E-state index in [1.807, 2.05) is 19.9 Å². The molecule has 0 saturated heterocycles. The summed E-state index contributed by atoms with van der Waals surface area (Å²) in [6.45, 7) is 4.68. The Labute approximate surface area is 126 Å². The van der Waals surface area contributed by atoms with Gasteiger partial charge in [-0.3, -0.25) is 9.48 Å². The second-order valence-electron chi connectivity index (χ2n) is 4.83. The topological polar surface area (TPSA) is 72.9 Å². The first kappa shape index (κ1) is 18.2. The van der Waals surface area contributed by atoms with Gasteiger partial charge >= 0.3 is 0 Å². The Kier molecular flexibility index (Phi) is 7.41. The minimum Gasteiger partial charge on any atom is -0.350 e. The molecule has 19 heavy (non-hydrogen) atoms. The molecule has 2 rings (SSSR count). The van der Waals surface area contributed by atoms with Gasteiger partial charge in [0.1, 0.15) is 6.54 Å². The lowest BCUT2D eigenvalue weighted by Gasteiger charge is -2.16. The van der Waals surface area contributed by atoms with E-state index in [1.54, 1.807) is 4.68 Å². The van der Waals surface area contributed by atoms with Crippen LogP contribution in [0.15, 0.2) is 6.07 Å². The van der Waals surface area contributed by atoms with Crippen LogP contribution >= 0.6 is 24.8 Å². The first-order valence-corrected chi connectivity index (χ1v) is 6.10. The van der Waals surface area contributed by atoms with E-state index in [4.69, 9.17) is 5.73 Å². The molecule has 0 bridgehead atoms. The number of hydrogen-bond acceptors (Lipinski definition) is 3. The molecule has 1 aromatic rings. The lowest BCUT2D eigenvalue weighted by Crippen LogP contribution is -2.43. The minimum atomic E-state index is -0.00134. The van der Waals surface area contributed by atoms with E-state index in [9.17, 15) is 4.79 Å². The van der Waals surface area contributed by atoms with Crippen LogP contribution in [0.1, 0.15) is 24.2 Å². The van der Waals surface area contributed by atoms with Crippen LogP contribution in [0.4, 0.5) is 0 Å². The van der Waals surface area contributed by atoms with Gasteiger partial charge < -0.3 is 11.1 Å².